The highest BCUT2D eigenvalue weighted by Crippen LogP contribution is 2.54. The van der Waals surface area contributed by atoms with Gasteiger partial charge in [0.05, 0.1) is 11.8 Å². The normalized spacial score (nSPS) is 20.7. The van der Waals surface area contributed by atoms with Gasteiger partial charge in [-0.15, -0.1) is 23.5 Å². The van der Waals surface area contributed by atoms with Crippen LogP contribution in [0.4, 0.5) is 0 Å². The van der Waals surface area contributed by atoms with Crippen LogP contribution in [-0.2, 0) is 4.79 Å². The van der Waals surface area contributed by atoms with E-state index < -0.39 is 8.07 Å². The SMILES string of the molecule is CC[Si](CC)(CC)C1(CC=O)SCCCS1. The highest BCUT2D eigenvalue weighted by atomic mass is 32.2. The van der Waals surface area contributed by atoms with Crippen LogP contribution in [0.3, 0.4) is 0 Å². The smallest absolute Gasteiger partial charge is 0.121 e. The highest BCUT2D eigenvalue weighted by Gasteiger charge is 2.51. The van der Waals surface area contributed by atoms with Crippen LogP contribution in [0, 0.1) is 0 Å². The monoisotopic (exact) mass is 276 g/mol. The molecule has 94 valence electrons. The van der Waals surface area contributed by atoms with Gasteiger partial charge in [0.25, 0.3) is 0 Å². The van der Waals surface area contributed by atoms with Gasteiger partial charge in [0.1, 0.15) is 6.29 Å². The molecular weight excluding hydrogens is 252 g/mol. The van der Waals surface area contributed by atoms with Crippen molar-refractivity contribution in [2.75, 3.05) is 11.5 Å². The summed E-state index contributed by atoms with van der Waals surface area (Å²) in [5, 5.41) is 0. The zero-order valence-electron chi connectivity index (χ0n) is 10.8. The second-order valence-electron chi connectivity index (χ2n) is 4.52. The molecule has 1 rings (SSSR count). The number of aldehydes is 1. The molecule has 0 atom stereocenters. The first-order valence-corrected chi connectivity index (χ1v) is 11.0. The van der Waals surface area contributed by atoms with E-state index in [2.05, 4.69) is 44.3 Å². The van der Waals surface area contributed by atoms with Crippen molar-refractivity contribution in [3.63, 3.8) is 0 Å². The molecule has 1 saturated heterocycles. The van der Waals surface area contributed by atoms with E-state index >= 15 is 0 Å². The summed E-state index contributed by atoms with van der Waals surface area (Å²) >= 11 is 4.22. The first kappa shape index (κ1) is 14.6. The molecule has 0 N–H and O–H groups in total. The number of carbonyl (C=O) groups is 1. The minimum absolute atomic E-state index is 0.297. The lowest BCUT2D eigenvalue weighted by Crippen LogP contribution is -2.54. The molecule has 1 fully saturated rings. The maximum Gasteiger partial charge on any atom is 0.121 e. The van der Waals surface area contributed by atoms with Crippen LogP contribution >= 0.6 is 23.5 Å². The Balaban J connectivity index is 3.00. The van der Waals surface area contributed by atoms with Crippen molar-refractivity contribution in [2.24, 2.45) is 0 Å². The van der Waals surface area contributed by atoms with Gasteiger partial charge in [-0.2, -0.15) is 0 Å². The van der Waals surface area contributed by atoms with E-state index in [1.54, 1.807) is 0 Å². The van der Waals surface area contributed by atoms with Crippen molar-refractivity contribution < 1.29 is 4.79 Å². The van der Waals surface area contributed by atoms with Crippen LogP contribution in [0.15, 0.2) is 0 Å². The molecule has 1 nitrogen and oxygen atoms in total. The third-order valence-electron chi connectivity index (χ3n) is 4.15. The molecule has 0 aromatic rings. The molecule has 1 heterocycles. The average molecular weight is 277 g/mol. The lowest BCUT2D eigenvalue weighted by atomic mass is 10.5. The zero-order chi connectivity index (χ0) is 12.1. The molecule has 0 radical (unpaired) electrons. The number of thioether (sulfide) groups is 2. The number of rotatable bonds is 6. The fourth-order valence-corrected chi connectivity index (χ4v) is 14.8. The fourth-order valence-electron chi connectivity index (χ4n) is 2.88. The number of carbonyl (C=O) groups excluding carboxylic acids is 1. The molecule has 0 saturated carbocycles. The summed E-state index contributed by atoms with van der Waals surface area (Å²) < 4.78 is 0.297. The topological polar surface area (TPSA) is 17.1 Å². The Labute approximate surface area is 110 Å². The Bertz CT molecular complexity index is 215. The van der Waals surface area contributed by atoms with Crippen molar-refractivity contribution >= 4 is 37.9 Å². The Morgan fingerprint density at radius 2 is 1.62 bits per heavy atom. The molecule has 4 heteroatoms. The van der Waals surface area contributed by atoms with Crippen molar-refractivity contribution in [2.45, 2.75) is 55.4 Å². The van der Waals surface area contributed by atoms with E-state index in [-0.39, 0.29) is 0 Å². The first-order chi connectivity index (χ1) is 7.70. The maximum atomic E-state index is 11.1. The summed E-state index contributed by atoms with van der Waals surface area (Å²) in [6, 6.07) is 3.98. The van der Waals surface area contributed by atoms with E-state index in [9.17, 15) is 4.79 Å². The molecule has 0 aromatic carbocycles. The summed E-state index contributed by atoms with van der Waals surface area (Å²) in [5.41, 5.74) is 0. The van der Waals surface area contributed by atoms with Gasteiger partial charge in [0, 0.05) is 6.42 Å². The lowest BCUT2D eigenvalue weighted by molar-refractivity contribution is -0.107. The van der Waals surface area contributed by atoms with Gasteiger partial charge < -0.3 is 4.79 Å². The largest absolute Gasteiger partial charge is 0.303 e. The van der Waals surface area contributed by atoms with E-state index in [1.165, 1.54) is 42.3 Å². The second-order valence-corrected chi connectivity index (χ2v) is 13.8. The van der Waals surface area contributed by atoms with Crippen LogP contribution in [0.25, 0.3) is 0 Å². The first-order valence-electron chi connectivity index (χ1n) is 6.42. The highest BCUT2D eigenvalue weighted by molar-refractivity contribution is 8.21. The summed E-state index contributed by atoms with van der Waals surface area (Å²) in [6.45, 7) is 7.05. The Hall–Kier alpha value is 0.587. The van der Waals surface area contributed by atoms with E-state index in [1.807, 2.05) is 0 Å². The van der Waals surface area contributed by atoms with Crippen molar-refractivity contribution in [1.82, 2.24) is 0 Å². The molecule has 0 unspecified atom stereocenters. The molecule has 1 aliphatic rings. The van der Waals surface area contributed by atoms with Gasteiger partial charge in [-0.25, -0.2) is 0 Å². The predicted octanol–water partition coefficient (Wildman–Crippen LogP) is 4.19. The molecular formula is C12H24OS2Si. The quantitative estimate of drug-likeness (QED) is 0.535. The van der Waals surface area contributed by atoms with Gasteiger partial charge in [-0.3, -0.25) is 0 Å². The minimum atomic E-state index is -1.29. The maximum absolute atomic E-state index is 11.1. The van der Waals surface area contributed by atoms with Crippen LogP contribution in [0.2, 0.25) is 18.1 Å². The van der Waals surface area contributed by atoms with Gasteiger partial charge in [-0.1, -0.05) is 38.9 Å². The van der Waals surface area contributed by atoms with Crippen molar-refractivity contribution in [1.29, 1.82) is 0 Å². The van der Waals surface area contributed by atoms with Crippen LogP contribution < -0.4 is 0 Å². The molecule has 0 amide bonds. The molecule has 1 aliphatic heterocycles. The molecule has 0 bridgehead atoms. The van der Waals surface area contributed by atoms with Gasteiger partial charge in [0.2, 0.25) is 0 Å². The van der Waals surface area contributed by atoms with Crippen LogP contribution in [0.1, 0.15) is 33.6 Å². The Kier molecular flexibility index (Phi) is 5.95. The Morgan fingerprint density at radius 1 is 1.12 bits per heavy atom. The molecule has 0 spiro atoms. The lowest BCUT2D eigenvalue weighted by Gasteiger charge is -2.49. The average Bonchev–Trinajstić information content (AvgIpc) is 2.33. The van der Waals surface area contributed by atoms with E-state index in [0.29, 0.717) is 3.70 Å². The fraction of sp³-hybridized carbons (Fsp3) is 0.917. The van der Waals surface area contributed by atoms with Crippen LogP contribution in [0.5, 0.6) is 0 Å². The van der Waals surface area contributed by atoms with Gasteiger partial charge in [0.15, 0.2) is 0 Å². The van der Waals surface area contributed by atoms with Crippen molar-refractivity contribution in [3.8, 4) is 0 Å². The van der Waals surface area contributed by atoms with Gasteiger partial charge in [-0.05, 0) is 17.9 Å². The van der Waals surface area contributed by atoms with Crippen molar-refractivity contribution in [3.05, 3.63) is 0 Å². The predicted molar refractivity (Wildman–Crippen MR) is 80.1 cm³/mol. The Morgan fingerprint density at radius 3 is 2.00 bits per heavy atom. The summed E-state index contributed by atoms with van der Waals surface area (Å²) in [5.74, 6) is 2.52. The van der Waals surface area contributed by atoms with Crippen LogP contribution in [-0.4, -0.2) is 29.6 Å². The molecule has 0 aliphatic carbocycles. The molecule has 16 heavy (non-hydrogen) atoms. The summed E-state index contributed by atoms with van der Waals surface area (Å²) in [4.78, 5) is 11.1. The summed E-state index contributed by atoms with van der Waals surface area (Å²) in [6.07, 6.45) is 3.27. The van der Waals surface area contributed by atoms with Gasteiger partial charge >= 0.3 is 0 Å². The summed E-state index contributed by atoms with van der Waals surface area (Å²) in [7, 11) is -1.29. The third kappa shape index (κ3) is 2.54. The zero-order valence-corrected chi connectivity index (χ0v) is 13.4. The standard InChI is InChI=1S/C12H24OS2Si/c1-4-16(5-2,6-3)12(8-9-13)14-10-7-11-15-12/h9H,4-8,10-11H2,1-3H3. The van der Waals surface area contributed by atoms with E-state index in [0.717, 1.165) is 6.42 Å². The number of hydrogen-bond donors (Lipinski definition) is 0. The minimum Gasteiger partial charge on any atom is -0.303 e. The second kappa shape index (κ2) is 6.50. The third-order valence-corrected chi connectivity index (χ3v) is 16.5. The number of hydrogen-bond acceptors (Lipinski definition) is 3. The molecule has 0 aromatic heterocycles. The van der Waals surface area contributed by atoms with E-state index in [4.69, 9.17) is 0 Å².